The number of nitrogens with zero attached hydrogens (tertiary/aromatic N) is 2. The molecule has 0 aromatic heterocycles. The summed E-state index contributed by atoms with van der Waals surface area (Å²) in [5, 5.41) is 8.97. The van der Waals surface area contributed by atoms with Crippen LogP contribution in [0.2, 0.25) is 0 Å². The molecule has 2 rings (SSSR count). The van der Waals surface area contributed by atoms with Crippen LogP contribution in [0.4, 0.5) is 0 Å². The van der Waals surface area contributed by atoms with Gasteiger partial charge in [0.05, 0.1) is 23.8 Å². The molecule has 6 heteroatoms. The van der Waals surface area contributed by atoms with Gasteiger partial charge in [0.15, 0.2) is 6.61 Å². The molecule has 1 heterocycles. The highest BCUT2D eigenvalue weighted by Gasteiger charge is 2.27. The Morgan fingerprint density at radius 2 is 2.37 bits per heavy atom. The van der Waals surface area contributed by atoms with E-state index in [-0.39, 0.29) is 19.1 Å². The number of rotatable bonds is 3. The summed E-state index contributed by atoms with van der Waals surface area (Å²) >= 11 is 3.35. The molecule has 1 aromatic rings. The number of carbonyl (C=O) groups is 1. The number of ether oxygens (including phenoxy) is 2. The van der Waals surface area contributed by atoms with Crippen LogP contribution in [0.3, 0.4) is 0 Å². The largest absolute Gasteiger partial charge is 0.483 e. The highest BCUT2D eigenvalue weighted by molar-refractivity contribution is 9.10. The summed E-state index contributed by atoms with van der Waals surface area (Å²) in [6.45, 7) is 1.06. The van der Waals surface area contributed by atoms with Crippen molar-refractivity contribution >= 4 is 21.8 Å². The van der Waals surface area contributed by atoms with E-state index in [1.807, 2.05) is 18.2 Å². The van der Waals surface area contributed by atoms with Crippen LogP contribution in [-0.2, 0) is 9.53 Å². The Hall–Kier alpha value is -1.58. The third-order valence-electron chi connectivity index (χ3n) is 2.79. The maximum absolute atomic E-state index is 12.0. The maximum atomic E-state index is 12.0. The number of nitriles is 1. The van der Waals surface area contributed by atoms with E-state index in [1.54, 1.807) is 6.07 Å². The van der Waals surface area contributed by atoms with E-state index in [0.29, 0.717) is 18.9 Å². The molecule has 1 aliphatic rings. The molecule has 0 saturated carbocycles. The SMILES string of the molecule is N#CC1COCCN1C(=O)COc1ccccc1Br. The van der Waals surface area contributed by atoms with Crippen LogP contribution in [0.25, 0.3) is 0 Å². The molecule has 1 amide bonds. The Kier molecular flexibility index (Phi) is 4.77. The molecule has 1 aromatic carbocycles. The fraction of sp³-hybridized carbons (Fsp3) is 0.385. The van der Waals surface area contributed by atoms with Crippen molar-refractivity contribution in [2.24, 2.45) is 0 Å². The fourth-order valence-electron chi connectivity index (χ4n) is 1.79. The molecule has 0 aliphatic carbocycles. The summed E-state index contributed by atoms with van der Waals surface area (Å²) in [6, 6.07) is 8.85. The van der Waals surface area contributed by atoms with Gasteiger partial charge in [-0.2, -0.15) is 5.26 Å². The van der Waals surface area contributed by atoms with E-state index in [2.05, 4.69) is 22.0 Å². The quantitative estimate of drug-likeness (QED) is 0.846. The Balaban J connectivity index is 1.94. The lowest BCUT2D eigenvalue weighted by Gasteiger charge is -2.31. The Labute approximate surface area is 119 Å². The molecule has 0 N–H and O–H groups in total. The summed E-state index contributed by atoms with van der Waals surface area (Å²) in [5.74, 6) is 0.406. The number of morpholine rings is 1. The second kappa shape index (κ2) is 6.55. The third-order valence-corrected chi connectivity index (χ3v) is 3.44. The van der Waals surface area contributed by atoms with Gasteiger partial charge in [0, 0.05) is 6.54 Å². The number of carbonyl (C=O) groups excluding carboxylic acids is 1. The number of para-hydroxylation sites is 1. The van der Waals surface area contributed by atoms with Crippen molar-refractivity contribution in [1.29, 1.82) is 5.26 Å². The van der Waals surface area contributed by atoms with Crippen LogP contribution in [0, 0.1) is 11.3 Å². The Morgan fingerprint density at radius 3 is 3.11 bits per heavy atom. The van der Waals surface area contributed by atoms with Gasteiger partial charge in [-0.1, -0.05) is 12.1 Å². The first-order valence-corrected chi connectivity index (χ1v) is 6.66. The molecule has 1 atom stereocenters. The van der Waals surface area contributed by atoms with Crippen molar-refractivity contribution < 1.29 is 14.3 Å². The minimum Gasteiger partial charge on any atom is -0.483 e. The predicted molar refractivity (Wildman–Crippen MR) is 71.6 cm³/mol. The molecule has 1 saturated heterocycles. The number of halogens is 1. The lowest BCUT2D eigenvalue weighted by Crippen LogP contribution is -2.49. The molecule has 0 bridgehead atoms. The number of amides is 1. The second-order valence-corrected chi connectivity index (χ2v) is 4.88. The summed E-state index contributed by atoms with van der Waals surface area (Å²) in [6.07, 6.45) is 0. The minimum absolute atomic E-state index is 0.0825. The second-order valence-electron chi connectivity index (χ2n) is 4.03. The lowest BCUT2D eigenvalue weighted by molar-refractivity contribution is -0.139. The maximum Gasteiger partial charge on any atom is 0.261 e. The van der Waals surface area contributed by atoms with Crippen LogP contribution < -0.4 is 4.74 Å². The summed E-state index contributed by atoms with van der Waals surface area (Å²) in [5.41, 5.74) is 0. The number of hydrogen-bond donors (Lipinski definition) is 0. The van der Waals surface area contributed by atoms with Gasteiger partial charge in [-0.15, -0.1) is 0 Å². The molecule has 0 spiro atoms. The molecule has 1 fully saturated rings. The molecule has 0 radical (unpaired) electrons. The molecule has 1 unspecified atom stereocenters. The van der Waals surface area contributed by atoms with Crippen molar-refractivity contribution in [3.8, 4) is 11.8 Å². The average Bonchev–Trinajstić information content (AvgIpc) is 2.46. The van der Waals surface area contributed by atoms with Gasteiger partial charge in [-0.3, -0.25) is 4.79 Å². The van der Waals surface area contributed by atoms with Gasteiger partial charge >= 0.3 is 0 Å². The van der Waals surface area contributed by atoms with Crippen LogP contribution in [-0.4, -0.2) is 43.2 Å². The molecular formula is C13H13BrN2O3. The van der Waals surface area contributed by atoms with Crippen LogP contribution in [0.1, 0.15) is 0 Å². The summed E-state index contributed by atoms with van der Waals surface area (Å²) in [7, 11) is 0. The van der Waals surface area contributed by atoms with E-state index in [1.165, 1.54) is 4.90 Å². The molecular weight excluding hydrogens is 312 g/mol. The van der Waals surface area contributed by atoms with Gasteiger partial charge in [-0.05, 0) is 28.1 Å². The van der Waals surface area contributed by atoms with Crippen LogP contribution in [0.5, 0.6) is 5.75 Å². The van der Waals surface area contributed by atoms with Crippen molar-refractivity contribution in [3.63, 3.8) is 0 Å². The Bertz CT molecular complexity index is 501. The van der Waals surface area contributed by atoms with Crippen molar-refractivity contribution in [3.05, 3.63) is 28.7 Å². The zero-order valence-electron chi connectivity index (χ0n) is 10.2. The van der Waals surface area contributed by atoms with Gasteiger partial charge in [-0.25, -0.2) is 0 Å². The van der Waals surface area contributed by atoms with Gasteiger partial charge in [0.1, 0.15) is 11.8 Å². The smallest absolute Gasteiger partial charge is 0.261 e. The van der Waals surface area contributed by atoms with Crippen LogP contribution in [0.15, 0.2) is 28.7 Å². The predicted octanol–water partition coefficient (Wildman–Crippen LogP) is 1.58. The summed E-state index contributed by atoms with van der Waals surface area (Å²) in [4.78, 5) is 13.5. The van der Waals surface area contributed by atoms with E-state index in [0.717, 1.165) is 4.47 Å². The lowest BCUT2D eigenvalue weighted by atomic mass is 10.2. The van der Waals surface area contributed by atoms with Crippen molar-refractivity contribution in [2.75, 3.05) is 26.4 Å². The Morgan fingerprint density at radius 1 is 1.58 bits per heavy atom. The first-order chi connectivity index (χ1) is 9.22. The van der Waals surface area contributed by atoms with Gasteiger partial charge in [0.25, 0.3) is 5.91 Å². The van der Waals surface area contributed by atoms with Crippen molar-refractivity contribution in [1.82, 2.24) is 4.90 Å². The fourth-order valence-corrected chi connectivity index (χ4v) is 2.19. The molecule has 5 nitrogen and oxygen atoms in total. The van der Waals surface area contributed by atoms with E-state index in [9.17, 15) is 4.79 Å². The summed E-state index contributed by atoms with van der Waals surface area (Å²) < 4.78 is 11.4. The normalized spacial score (nSPS) is 18.7. The number of benzene rings is 1. The first kappa shape index (κ1) is 13.8. The highest BCUT2D eigenvalue weighted by atomic mass is 79.9. The monoisotopic (exact) mass is 324 g/mol. The highest BCUT2D eigenvalue weighted by Crippen LogP contribution is 2.23. The van der Waals surface area contributed by atoms with Gasteiger partial charge in [0.2, 0.25) is 0 Å². The van der Waals surface area contributed by atoms with E-state index in [4.69, 9.17) is 14.7 Å². The minimum atomic E-state index is -0.524. The average molecular weight is 325 g/mol. The van der Waals surface area contributed by atoms with Gasteiger partial charge < -0.3 is 14.4 Å². The third kappa shape index (κ3) is 3.46. The van der Waals surface area contributed by atoms with E-state index >= 15 is 0 Å². The molecule has 1 aliphatic heterocycles. The van der Waals surface area contributed by atoms with Crippen molar-refractivity contribution in [2.45, 2.75) is 6.04 Å². The standard InChI is InChI=1S/C13H13BrN2O3/c14-11-3-1-2-4-12(11)19-9-13(17)16-5-6-18-8-10(16)7-15/h1-4,10H,5-6,8-9H2. The first-order valence-electron chi connectivity index (χ1n) is 5.86. The zero-order chi connectivity index (χ0) is 13.7. The topological polar surface area (TPSA) is 62.6 Å². The van der Waals surface area contributed by atoms with E-state index < -0.39 is 6.04 Å². The zero-order valence-corrected chi connectivity index (χ0v) is 11.8. The molecule has 100 valence electrons. The number of hydrogen-bond acceptors (Lipinski definition) is 4. The molecule has 19 heavy (non-hydrogen) atoms. The van der Waals surface area contributed by atoms with Crippen LogP contribution >= 0.6 is 15.9 Å².